The zero-order chi connectivity index (χ0) is 21.1. The van der Waals surface area contributed by atoms with E-state index < -0.39 is 6.04 Å². The number of hydrogen-bond acceptors (Lipinski definition) is 3. The summed E-state index contributed by atoms with van der Waals surface area (Å²) in [6.45, 7) is 1.47. The quantitative estimate of drug-likeness (QED) is 0.679. The number of amides is 2. The lowest BCUT2D eigenvalue weighted by Gasteiger charge is -2.37. The molecule has 1 aliphatic carbocycles. The number of anilines is 1. The molecule has 0 spiro atoms. The third-order valence-corrected chi connectivity index (χ3v) is 6.12. The Labute approximate surface area is 186 Å². The van der Waals surface area contributed by atoms with Crippen LogP contribution in [0.4, 0.5) is 5.69 Å². The molecule has 2 aliphatic rings. The fraction of sp³-hybridized carbons (Fsp3) is 0.391. The van der Waals surface area contributed by atoms with Gasteiger partial charge < -0.3 is 10.6 Å². The van der Waals surface area contributed by atoms with Gasteiger partial charge in [-0.15, -0.1) is 0 Å². The minimum absolute atomic E-state index is 0.125. The van der Waals surface area contributed by atoms with Gasteiger partial charge in [-0.1, -0.05) is 53.5 Å². The van der Waals surface area contributed by atoms with Crippen molar-refractivity contribution < 1.29 is 9.59 Å². The highest BCUT2D eigenvalue weighted by Crippen LogP contribution is 2.31. The molecule has 1 saturated carbocycles. The van der Waals surface area contributed by atoms with Gasteiger partial charge in [-0.25, -0.2) is 0 Å². The molecule has 2 aromatic carbocycles. The molecule has 1 saturated heterocycles. The van der Waals surface area contributed by atoms with Crippen LogP contribution >= 0.6 is 23.2 Å². The van der Waals surface area contributed by atoms with Gasteiger partial charge in [0.1, 0.15) is 6.04 Å². The lowest BCUT2D eigenvalue weighted by atomic mass is 9.98. The van der Waals surface area contributed by atoms with Crippen molar-refractivity contribution in [2.45, 2.75) is 37.8 Å². The Hall–Kier alpha value is -2.08. The van der Waals surface area contributed by atoms with E-state index in [1.54, 1.807) is 18.2 Å². The summed E-state index contributed by atoms with van der Waals surface area (Å²) in [4.78, 5) is 27.5. The maximum Gasteiger partial charge on any atom is 0.246 e. The summed E-state index contributed by atoms with van der Waals surface area (Å²) >= 11 is 12.2. The van der Waals surface area contributed by atoms with Crippen molar-refractivity contribution in [2.24, 2.45) is 5.92 Å². The van der Waals surface area contributed by atoms with Crippen molar-refractivity contribution in [3.63, 3.8) is 0 Å². The summed E-state index contributed by atoms with van der Waals surface area (Å²) in [5.41, 5.74) is 1.51. The van der Waals surface area contributed by atoms with Gasteiger partial charge in [-0.2, -0.15) is 0 Å². The molecule has 2 fully saturated rings. The van der Waals surface area contributed by atoms with Gasteiger partial charge in [0.25, 0.3) is 0 Å². The number of halogens is 2. The van der Waals surface area contributed by atoms with Crippen LogP contribution in [-0.2, 0) is 9.59 Å². The molecule has 2 N–H and O–H groups in total. The lowest BCUT2D eigenvalue weighted by molar-refractivity contribution is -0.125. The number of rotatable bonds is 6. The second kappa shape index (κ2) is 9.38. The Kier molecular flexibility index (Phi) is 6.61. The van der Waals surface area contributed by atoms with Crippen LogP contribution in [0.15, 0.2) is 48.5 Å². The number of hydrogen-bond donors (Lipinski definition) is 2. The van der Waals surface area contributed by atoms with Gasteiger partial charge >= 0.3 is 0 Å². The number of nitrogens with zero attached hydrogens (tertiary/aromatic N) is 1. The molecular formula is C23H25Cl2N3O2. The molecule has 4 rings (SSSR count). The van der Waals surface area contributed by atoms with Crippen molar-refractivity contribution in [1.29, 1.82) is 0 Å². The van der Waals surface area contributed by atoms with Crippen LogP contribution in [0, 0.1) is 5.92 Å². The standard InChI is InChI=1S/C23H25Cl2N3O2/c24-17-12-18(25)14-20(13-17)27-23(30)21(15-4-2-1-3-5-15)28-10-8-19(9-11-28)26-22(29)16-6-7-16/h1-5,12-14,16,19,21H,6-11H2,(H,26,29)(H,27,30). The largest absolute Gasteiger partial charge is 0.353 e. The first kappa shape index (κ1) is 21.2. The molecule has 5 nitrogen and oxygen atoms in total. The van der Waals surface area contributed by atoms with Crippen LogP contribution in [0.5, 0.6) is 0 Å². The summed E-state index contributed by atoms with van der Waals surface area (Å²) in [6, 6.07) is 14.5. The first-order valence-corrected chi connectivity index (χ1v) is 11.1. The molecule has 1 heterocycles. The molecule has 158 valence electrons. The van der Waals surface area contributed by atoms with E-state index in [9.17, 15) is 9.59 Å². The normalized spacial score (nSPS) is 18.6. The molecule has 7 heteroatoms. The Balaban J connectivity index is 1.46. The smallest absolute Gasteiger partial charge is 0.246 e. The fourth-order valence-corrected chi connectivity index (χ4v) is 4.49. The lowest BCUT2D eigenvalue weighted by Crippen LogP contribution is -2.48. The summed E-state index contributed by atoms with van der Waals surface area (Å²) in [6.07, 6.45) is 3.68. The first-order chi connectivity index (χ1) is 14.5. The number of benzene rings is 2. The van der Waals surface area contributed by atoms with Crippen molar-refractivity contribution in [1.82, 2.24) is 10.2 Å². The topological polar surface area (TPSA) is 61.4 Å². The van der Waals surface area contributed by atoms with Crippen molar-refractivity contribution in [3.05, 3.63) is 64.1 Å². The number of likely N-dealkylation sites (tertiary alicyclic amines) is 1. The zero-order valence-corrected chi connectivity index (χ0v) is 18.1. The third-order valence-electron chi connectivity index (χ3n) is 5.68. The van der Waals surface area contributed by atoms with E-state index in [1.165, 1.54) is 0 Å². The summed E-state index contributed by atoms with van der Waals surface area (Å²) in [7, 11) is 0. The van der Waals surface area contributed by atoms with Crippen molar-refractivity contribution in [2.75, 3.05) is 18.4 Å². The Morgan fingerprint density at radius 2 is 1.57 bits per heavy atom. The van der Waals surface area contributed by atoms with E-state index in [0.29, 0.717) is 15.7 Å². The van der Waals surface area contributed by atoms with Crippen molar-refractivity contribution >= 4 is 40.7 Å². The monoisotopic (exact) mass is 445 g/mol. The van der Waals surface area contributed by atoms with Gasteiger partial charge in [0.05, 0.1) is 0 Å². The van der Waals surface area contributed by atoms with Crippen LogP contribution in [0.3, 0.4) is 0 Å². The average molecular weight is 446 g/mol. The highest BCUT2D eigenvalue weighted by Gasteiger charge is 2.34. The SMILES string of the molecule is O=C(NC1CCN(C(C(=O)Nc2cc(Cl)cc(Cl)c2)c2ccccc2)CC1)C1CC1. The van der Waals surface area contributed by atoms with Crippen molar-refractivity contribution in [3.8, 4) is 0 Å². The summed E-state index contributed by atoms with van der Waals surface area (Å²) in [5, 5.41) is 7.08. The third kappa shape index (κ3) is 5.34. The van der Waals surface area contributed by atoms with Gasteiger partial charge in [0.2, 0.25) is 11.8 Å². The molecule has 2 aromatic rings. The first-order valence-electron chi connectivity index (χ1n) is 10.4. The highest BCUT2D eigenvalue weighted by molar-refractivity contribution is 6.35. The predicted octanol–water partition coefficient (Wildman–Crippen LogP) is 4.66. The predicted molar refractivity (Wildman–Crippen MR) is 120 cm³/mol. The number of piperidine rings is 1. The van der Waals surface area contributed by atoms with Crippen LogP contribution < -0.4 is 10.6 Å². The maximum absolute atomic E-state index is 13.3. The van der Waals surface area contributed by atoms with Gasteiger partial charge in [-0.3, -0.25) is 14.5 Å². The molecule has 2 amide bonds. The minimum Gasteiger partial charge on any atom is -0.353 e. The number of carbonyl (C=O) groups excluding carboxylic acids is 2. The van der Waals surface area contributed by atoms with E-state index in [4.69, 9.17) is 23.2 Å². The number of nitrogens with one attached hydrogen (secondary N) is 2. The molecule has 0 aromatic heterocycles. The number of carbonyl (C=O) groups is 2. The maximum atomic E-state index is 13.3. The Morgan fingerprint density at radius 1 is 0.933 bits per heavy atom. The molecular weight excluding hydrogens is 421 g/mol. The molecule has 1 unspecified atom stereocenters. The second-order valence-electron chi connectivity index (χ2n) is 8.05. The fourth-order valence-electron chi connectivity index (χ4n) is 3.97. The van der Waals surface area contributed by atoms with E-state index >= 15 is 0 Å². The Morgan fingerprint density at radius 3 is 2.17 bits per heavy atom. The van der Waals surface area contributed by atoms with E-state index in [1.807, 2.05) is 30.3 Å². The molecule has 30 heavy (non-hydrogen) atoms. The van der Waals surface area contributed by atoms with Crippen LogP contribution in [-0.4, -0.2) is 35.8 Å². The molecule has 1 atom stereocenters. The summed E-state index contributed by atoms with van der Waals surface area (Å²) < 4.78 is 0. The van der Waals surface area contributed by atoms with E-state index in [-0.39, 0.29) is 23.8 Å². The van der Waals surface area contributed by atoms with Gasteiger partial charge in [0.15, 0.2) is 0 Å². The van der Waals surface area contributed by atoms with Crippen LogP contribution in [0.25, 0.3) is 0 Å². The van der Waals surface area contributed by atoms with Crippen LogP contribution in [0.1, 0.15) is 37.3 Å². The molecule has 0 bridgehead atoms. The minimum atomic E-state index is -0.427. The Bertz CT molecular complexity index is 890. The average Bonchev–Trinajstić information content (AvgIpc) is 3.55. The van der Waals surface area contributed by atoms with Crippen LogP contribution in [0.2, 0.25) is 10.0 Å². The molecule has 0 radical (unpaired) electrons. The highest BCUT2D eigenvalue weighted by atomic mass is 35.5. The van der Waals surface area contributed by atoms with Gasteiger partial charge in [-0.05, 0) is 49.4 Å². The van der Waals surface area contributed by atoms with E-state index in [2.05, 4.69) is 15.5 Å². The summed E-state index contributed by atoms with van der Waals surface area (Å²) in [5.74, 6) is 0.277. The van der Waals surface area contributed by atoms with E-state index in [0.717, 1.165) is 44.3 Å². The van der Waals surface area contributed by atoms with Gasteiger partial charge in [0, 0.05) is 40.8 Å². The molecule has 1 aliphatic heterocycles. The zero-order valence-electron chi connectivity index (χ0n) is 16.6. The second-order valence-corrected chi connectivity index (χ2v) is 8.93.